The van der Waals surface area contributed by atoms with Crippen molar-refractivity contribution < 1.29 is 18.8 Å². The molecule has 1 aliphatic rings. The van der Waals surface area contributed by atoms with Crippen LogP contribution in [0.15, 0.2) is 0 Å². The maximum Gasteiger partial charge on any atom is 0.515 e. The minimum Gasteiger partial charge on any atom is -0.420 e. The maximum atomic E-state index is 11.7. The molecule has 0 radical (unpaired) electrons. The van der Waals surface area contributed by atoms with Gasteiger partial charge in [0.1, 0.15) is 13.1 Å². The second kappa shape index (κ2) is 4.75. The van der Waals surface area contributed by atoms with Crippen LogP contribution in [0.2, 0.25) is 0 Å². The van der Waals surface area contributed by atoms with Crippen LogP contribution in [0.5, 0.6) is 0 Å². The molecule has 1 aliphatic heterocycles. The van der Waals surface area contributed by atoms with E-state index in [0.717, 1.165) is 13.1 Å². The Morgan fingerprint density at radius 1 is 1.43 bits per heavy atom. The van der Waals surface area contributed by atoms with Gasteiger partial charge >= 0.3 is 6.09 Å². The van der Waals surface area contributed by atoms with Gasteiger partial charge in [-0.15, -0.1) is 0 Å². The molecular weight excluding hydrogens is 182 g/mol. The summed E-state index contributed by atoms with van der Waals surface area (Å²) in [4.78, 5) is 11.7. The van der Waals surface area contributed by atoms with Gasteiger partial charge in [0.05, 0.1) is 26.9 Å². The SMILES string of the molecule is CC(C)COC(=O)[N+]1(C)CCOCC1. The van der Waals surface area contributed by atoms with Crippen LogP contribution >= 0.6 is 0 Å². The summed E-state index contributed by atoms with van der Waals surface area (Å²) in [5, 5.41) is 0. The summed E-state index contributed by atoms with van der Waals surface area (Å²) in [5.74, 6) is 0.395. The lowest BCUT2D eigenvalue weighted by Gasteiger charge is -2.33. The highest BCUT2D eigenvalue weighted by atomic mass is 16.6. The molecule has 0 aromatic carbocycles. The molecule has 0 saturated carbocycles. The van der Waals surface area contributed by atoms with Crippen LogP contribution in [0.1, 0.15) is 13.8 Å². The Bertz CT molecular complexity index is 198. The molecule has 1 rings (SSSR count). The molecule has 1 saturated heterocycles. The number of likely N-dealkylation sites (N-methyl/N-ethyl adjacent to an activating group) is 1. The molecule has 1 fully saturated rings. The summed E-state index contributed by atoms with van der Waals surface area (Å²) in [5.41, 5.74) is 0. The summed E-state index contributed by atoms with van der Waals surface area (Å²) < 4.78 is 10.8. The largest absolute Gasteiger partial charge is 0.515 e. The molecule has 0 aromatic rings. The fourth-order valence-corrected chi connectivity index (χ4v) is 1.32. The van der Waals surface area contributed by atoms with Crippen LogP contribution in [0.3, 0.4) is 0 Å². The summed E-state index contributed by atoms with van der Waals surface area (Å²) >= 11 is 0. The van der Waals surface area contributed by atoms with Gasteiger partial charge in [-0.1, -0.05) is 13.8 Å². The third kappa shape index (κ3) is 2.96. The summed E-state index contributed by atoms with van der Waals surface area (Å²) in [7, 11) is 1.91. The van der Waals surface area contributed by atoms with Gasteiger partial charge in [0.2, 0.25) is 0 Å². The van der Waals surface area contributed by atoms with E-state index in [4.69, 9.17) is 9.47 Å². The lowest BCUT2D eigenvalue weighted by atomic mass is 10.2. The van der Waals surface area contributed by atoms with Crippen molar-refractivity contribution in [2.45, 2.75) is 13.8 Å². The molecular formula is C10H20NO3+. The van der Waals surface area contributed by atoms with Gasteiger partial charge < -0.3 is 9.47 Å². The van der Waals surface area contributed by atoms with Crippen molar-refractivity contribution >= 4 is 6.09 Å². The highest BCUT2D eigenvalue weighted by Gasteiger charge is 2.35. The molecule has 1 amide bonds. The zero-order valence-electron chi connectivity index (χ0n) is 9.28. The molecule has 14 heavy (non-hydrogen) atoms. The highest BCUT2D eigenvalue weighted by Crippen LogP contribution is 2.11. The summed E-state index contributed by atoms with van der Waals surface area (Å²) in [6.45, 7) is 7.31. The van der Waals surface area contributed by atoms with Crippen molar-refractivity contribution in [3.8, 4) is 0 Å². The van der Waals surface area contributed by atoms with E-state index in [1.54, 1.807) is 0 Å². The number of ether oxygens (including phenoxy) is 2. The third-order valence-corrected chi connectivity index (χ3v) is 2.44. The number of hydrogen-bond donors (Lipinski definition) is 0. The predicted molar refractivity (Wildman–Crippen MR) is 52.9 cm³/mol. The number of morpholine rings is 1. The van der Waals surface area contributed by atoms with E-state index in [-0.39, 0.29) is 6.09 Å². The Morgan fingerprint density at radius 2 is 2.00 bits per heavy atom. The van der Waals surface area contributed by atoms with E-state index in [9.17, 15) is 4.79 Å². The minimum atomic E-state index is -0.123. The molecule has 0 aromatic heterocycles. The Labute approximate surface area is 85.4 Å². The molecule has 4 heteroatoms. The molecule has 0 unspecified atom stereocenters. The van der Waals surface area contributed by atoms with Gasteiger partial charge in [-0.3, -0.25) is 0 Å². The molecule has 4 nitrogen and oxygen atoms in total. The monoisotopic (exact) mass is 202 g/mol. The quantitative estimate of drug-likeness (QED) is 0.632. The normalized spacial score (nSPS) is 20.9. The Balaban J connectivity index is 2.41. The first-order valence-electron chi connectivity index (χ1n) is 5.14. The van der Waals surface area contributed by atoms with Gasteiger partial charge in [0.15, 0.2) is 0 Å². The Hall–Kier alpha value is -0.610. The second-order valence-corrected chi connectivity index (χ2v) is 4.43. The highest BCUT2D eigenvalue weighted by molar-refractivity contribution is 5.59. The number of carbonyl (C=O) groups excluding carboxylic acids is 1. The van der Waals surface area contributed by atoms with E-state index in [0.29, 0.717) is 30.2 Å². The van der Waals surface area contributed by atoms with E-state index < -0.39 is 0 Å². The van der Waals surface area contributed by atoms with E-state index >= 15 is 0 Å². The minimum absolute atomic E-state index is 0.123. The first-order chi connectivity index (χ1) is 6.54. The number of quaternary nitrogens is 1. The number of amides is 1. The molecule has 82 valence electrons. The number of nitrogens with zero attached hydrogens (tertiary/aromatic N) is 1. The fraction of sp³-hybridized carbons (Fsp3) is 0.900. The smallest absolute Gasteiger partial charge is 0.420 e. The van der Waals surface area contributed by atoms with Gasteiger partial charge in [0, 0.05) is 0 Å². The van der Waals surface area contributed by atoms with Crippen LogP contribution in [-0.2, 0) is 9.47 Å². The van der Waals surface area contributed by atoms with Crippen molar-refractivity contribution in [3.05, 3.63) is 0 Å². The van der Waals surface area contributed by atoms with Gasteiger partial charge in [-0.25, -0.2) is 4.48 Å². The summed E-state index contributed by atoms with van der Waals surface area (Å²) in [6, 6.07) is 0. The van der Waals surface area contributed by atoms with Crippen LogP contribution < -0.4 is 0 Å². The first-order valence-corrected chi connectivity index (χ1v) is 5.14. The topological polar surface area (TPSA) is 35.5 Å². The van der Waals surface area contributed by atoms with Crippen molar-refractivity contribution in [1.29, 1.82) is 0 Å². The van der Waals surface area contributed by atoms with E-state index in [1.165, 1.54) is 0 Å². The zero-order chi connectivity index (χ0) is 10.6. The van der Waals surface area contributed by atoms with Crippen molar-refractivity contribution in [3.63, 3.8) is 0 Å². The van der Waals surface area contributed by atoms with E-state index in [2.05, 4.69) is 0 Å². The van der Waals surface area contributed by atoms with Crippen LogP contribution in [0.25, 0.3) is 0 Å². The van der Waals surface area contributed by atoms with Crippen LogP contribution in [-0.4, -0.2) is 50.5 Å². The molecule has 1 heterocycles. The average Bonchev–Trinajstić information content (AvgIpc) is 2.15. The lowest BCUT2D eigenvalue weighted by molar-refractivity contribution is -0.846. The van der Waals surface area contributed by atoms with Gasteiger partial charge in [0.25, 0.3) is 0 Å². The number of carbonyl (C=O) groups is 1. The Morgan fingerprint density at radius 3 is 2.50 bits per heavy atom. The average molecular weight is 202 g/mol. The standard InChI is InChI=1S/C10H20NO3/c1-9(2)8-14-10(12)11(3)4-6-13-7-5-11/h9H,4-8H2,1-3H3/q+1. The number of rotatable bonds is 2. The van der Waals surface area contributed by atoms with Crippen molar-refractivity contribution in [1.82, 2.24) is 0 Å². The first kappa shape index (κ1) is 11.5. The van der Waals surface area contributed by atoms with Gasteiger partial charge in [-0.05, 0) is 5.92 Å². The van der Waals surface area contributed by atoms with E-state index in [1.807, 2.05) is 20.9 Å². The Kier molecular flexibility index (Phi) is 3.89. The van der Waals surface area contributed by atoms with Gasteiger partial charge in [-0.2, -0.15) is 4.79 Å². The molecule has 0 N–H and O–H groups in total. The van der Waals surface area contributed by atoms with Crippen LogP contribution in [0.4, 0.5) is 4.79 Å². The zero-order valence-corrected chi connectivity index (χ0v) is 9.28. The van der Waals surface area contributed by atoms with Crippen LogP contribution in [0, 0.1) is 5.92 Å². The van der Waals surface area contributed by atoms with Crippen molar-refractivity contribution in [2.75, 3.05) is 40.0 Å². The molecule has 0 aliphatic carbocycles. The lowest BCUT2D eigenvalue weighted by Crippen LogP contribution is -2.56. The molecule has 0 spiro atoms. The molecule has 0 bridgehead atoms. The second-order valence-electron chi connectivity index (χ2n) is 4.43. The molecule has 0 atom stereocenters. The van der Waals surface area contributed by atoms with Crippen molar-refractivity contribution in [2.24, 2.45) is 5.92 Å². The summed E-state index contributed by atoms with van der Waals surface area (Å²) in [6.07, 6.45) is -0.123. The predicted octanol–water partition coefficient (Wildman–Crippen LogP) is 1.26. The number of hydrogen-bond acceptors (Lipinski definition) is 3. The third-order valence-electron chi connectivity index (χ3n) is 2.44. The maximum absolute atomic E-state index is 11.7. The fourth-order valence-electron chi connectivity index (χ4n) is 1.32.